The molecule has 2 rings (SSSR count). The van der Waals surface area contributed by atoms with Gasteiger partial charge in [0.15, 0.2) is 6.61 Å². The molecule has 0 aliphatic heterocycles. The van der Waals surface area contributed by atoms with E-state index in [1.807, 2.05) is 24.4 Å². The van der Waals surface area contributed by atoms with Crippen molar-refractivity contribution in [2.45, 2.75) is 13.5 Å². The van der Waals surface area contributed by atoms with E-state index in [2.05, 4.69) is 10.7 Å². The number of para-hydroxylation sites is 2. The molecule has 0 unspecified atom stereocenters. The van der Waals surface area contributed by atoms with Gasteiger partial charge in [-0.3, -0.25) is 4.79 Å². The second-order valence-corrected chi connectivity index (χ2v) is 4.93. The second-order valence-electron chi connectivity index (χ2n) is 4.18. The summed E-state index contributed by atoms with van der Waals surface area (Å²) >= 11 is 1.63. The lowest BCUT2D eigenvalue weighted by Crippen LogP contribution is -2.28. The summed E-state index contributed by atoms with van der Waals surface area (Å²) in [6.07, 6.45) is 0. The highest BCUT2D eigenvalue weighted by atomic mass is 32.1. The van der Waals surface area contributed by atoms with E-state index in [0.717, 1.165) is 5.56 Å². The second kappa shape index (κ2) is 6.24. The molecule has 3 N–H and O–H groups in total. The number of rotatable bonds is 5. The smallest absolute Gasteiger partial charge is 0.258 e. The number of nitrogen functional groups attached to an aromatic ring is 1. The third-order valence-corrected chi connectivity index (χ3v) is 3.63. The Morgan fingerprint density at radius 3 is 2.84 bits per heavy atom. The van der Waals surface area contributed by atoms with Crippen LogP contribution < -0.4 is 15.8 Å². The number of aryl methyl sites for hydroxylation is 1. The lowest BCUT2D eigenvalue weighted by Gasteiger charge is -2.09. The standard InChI is InChI=1S/C14H16N2O2S/c1-10-8-19-9-11(10)6-16-14(17)7-18-13-5-3-2-4-12(13)15/h2-5,8-9H,6-7,15H2,1H3,(H,16,17). The molecule has 0 bridgehead atoms. The van der Waals surface area contributed by atoms with Gasteiger partial charge in [0.05, 0.1) is 5.69 Å². The Hall–Kier alpha value is -2.01. The van der Waals surface area contributed by atoms with E-state index in [9.17, 15) is 4.79 Å². The predicted molar refractivity (Wildman–Crippen MR) is 77.3 cm³/mol. The minimum atomic E-state index is -0.158. The molecule has 2 aromatic rings. The van der Waals surface area contributed by atoms with Gasteiger partial charge in [0.25, 0.3) is 5.91 Å². The number of carbonyl (C=O) groups is 1. The molecule has 1 aromatic carbocycles. The van der Waals surface area contributed by atoms with Crippen LogP contribution in [0.3, 0.4) is 0 Å². The number of nitrogens with one attached hydrogen (secondary N) is 1. The van der Waals surface area contributed by atoms with Gasteiger partial charge in [0, 0.05) is 6.54 Å². The summed E-state index contributed by atoms with van der Waals surface area (Å²) in [6, 6.07) is 7.12. The van der Waals surface area contributed by atoms with E-state index in [-0.39, 0.29) is 12.5 Å². The number of anilines is 1. The molecular formula is C14H16N2O2S. The fourth-order valence-electron chi connectivity index (χ4n) is 1.57. The first kappa shape index (κ1) is 13.4. The number of hydrogen-bond acceptors (Lipinski definition) is 4. The topological polar surface area (TPSA) is 64.3 Å². The molecule has 0 aliphatic rings. The van der Waals surface area contributed by atoms with Gasteiger partial charge in [-0.15, -0.1) is 0 Å². The Bertz CT molecular complexity index is 566. The van der Waals surface area contributed by atoms with Gasteiger partial charge in [-0.05, 0) is 40.9 Å². The van der Waals surface area contributed by atoms with Gasteiger partial charge in [0.1, 0.15) is 5.75 Å². The fourth-order valence-corrected chi connectivity index (χ4v) is 2.43. The van der Waals surface area contributed by atoms with Crippen LogP contribution in [0.1, 0.15) is 11.1 Å². The molecular weight excluding hydrogens is 260 g/mol. The Balaban J connectivity index is 1.79. The van der Waals surface area contributed by atoms with Crippen molar-refractivity contribution in [1.82, 2.24) is 5.32 Å². The van der Waals surface area contributed by atoms with Gasteiger partial charge in [-0.25, -0.2) is 0 Å². The number of thiophene rings is 1. The van der Waals surface area contributed by atoms with Crippen molar-refractivity contribution in [2.75, 3.05) is 12.3 Å². The predicted octanol–water partition coefficient (Wildman–Crippen LogP) is 2.33. The zero-order valence-electron chi connectivity index (χ0n) is 10.7. The van der Waals surface area contributed by atoms with E-state index in [4.69, 9.17) is 10.5 Å². The molecule has 0 saturated carbocycles. The van der Waals surface area contributed by atoms with E-state index in [1.165, 1.54) is 5.56 Å². The van der Waals surface area contributed by atoms with Crippen molar-refractivity contribution in [3.63, 3.8) is 0 Å². The summed E-state index contributed by atoms with van der Waals surface area (Å²) in [5.74, 6) is 0.373. The molecule has 4 nitrogen and oxygen atoms in total. The molecule has 1 amide bonds. The quantitative estimate of drug-likeness (QED) is 0.824. The summed E-state index contributed by atoms with van der Waals surface area (Å²) in [5, 5.41) is 6.91. The van der Waals surface area contributed by atoms with E-state index >= 15 is 0 Å². The zero-order chi connectivity index (χ0) is 13.7. The lowest BCUT2D eigenvalue weighted by atomic mass is 10.2. The summed E-state index contributed by atoms with van der Waals surface area (Å²) in [6.45, 7) is 2.53. The van der Waals surface area contributed by atoms with Crippen LogP contribution in [0.4, 0.5) is 5.69 Å². The number of benzene rings is 1. The van der Waals surface area contributed by atoms with Gasteiger partial charge < -0.3 is 15.8 Å². The van der Waals surface area contributed by atoms with Crippen LogP contribution in [0.2, 0.25) is 0 Å². The van der Waals surface area contributed by atoms with Crippen LogP contribution in [0.5, 0.6) is 5.75 Å². The molecule has 1 aromatic heterocycles. The highest BCUT2D eigenvalue weighted by Gasteiger charge is 2.06. The van der Waals surface area contributed by atoms with E-state index in [0.29, 0.717) is 18.0 Å². The number of ether oxygens (including phenoxy) is 1. The van der Waals surface area contributed by atoms with Crippen LogP contribution >= 0.6 is 11.3 Å². The number of carbonyl (C=O) groups excluding carboxylic acids is 1. The molecule has 0 saturated heterocycles. The number of hydrogen-bond donors (Lipinski definition) is 2. The van der Waals surface area contributed by atoms with Crippen molar-refractivity contribution in [3.05, 3.63) is 46.2 Å². The molecule has 1 heterocycles. The fraction of sp³-hybridized carbons (Fsp3) is 0.214. The first-order chi connectivity index (χ1) is 9.16. The summed E-state index contributed by atoms with van der Waals surface area (Å²) < 4.78 is 5.36. The van der Waals surface area contributed by atoms with Crippen molar-refractivity contribution < 1.29 is 9.53 Å². The van der Waals surface area contributed by atoms with Crippen molar-refractivity contribution >= 4 is 22.9 Å². The molecule has 100 valence electrons. The Labute approximate surface area is 116 Å². The molecule has 5 heteroatoms. The largest absolute Gasteiger partial charge is 0.482 e. The van der Waals surface area contributed by atoms with Crippen LogP contribution in [0.15, 0.2) is 35.0 Å². The third kappa shape index (κ3) is 3.72. The maximum atomic E-state index is 11.7. The summed E-state index contributed by atoms with van der Waals surface area (Å²) in [4.78, 5) is 11.7. The SMILES string of the molecule is Cc1cscc1CNC(=O)COc1ccccc1N. The summed E-state index contributed by atoms with van der Waals surface area (Å²) in [5.41, 5.74) is 8.58. The molecule has 0 aliphatic carbocycles. The van der Waals surface area contributed by atoms with Gasteiger partial charge in [-0.1, -0.05) is 12.1 Å². The van der Waals surface area contributed by atoms with Gasteiger partial charge >= 0.3 is 0 Å². The molecule has 19 heavy (non-hydrogen) atoms. The van der Waals surface area contributed by atoms with Crippen LogP contribution in [-0.2, 0) is 11.3 Å². The molecule has 0 fully saturated rings. The number of nitrogens with two attached hydrogens (primary N) is 1. The van der Waals surface area contributed by atoms with Crippen LogP contribution in [-0.4, -0.2) is 12.5 Å². The highest BCUT2D eigenvalue weighted by Crippen LogP contribution is 2.19. The third-order valence-electron chi connectivity index (χ3n) is 2.72. The first-order valence-corrected chi connectivity index (χ1v) is 6.87. The first-order valence-electron chi connectivity index (χ1n) is 5.92. The minimum Gasteiger partial charge on any atom is -0.482 e. The average molecular weight is 276 g/mol. The van der Waals surface area contributed by atoms with Crippen LogP contribution in [0, 0.1) is 6.92 Å². The highest BCUT2D eigenvalue weighted by molar-refractivity contribution is 7.08. The normalized spacial score (nSPS) is 10.2. The maximum Gasteiger partial charge on any atom is 0.258 e. The zero-order valence-corrected chi connectivity index (χ0v) is 11.5. The summed E-state index contributed by atoms with van der Waals surface area (Å²) in [7, 11) is 0. The Kier molecular flexibility index (Phi) is 4.41. The van der Waals surface area contributed by atoms with Crippen LogP contribution in [0.25, 0.3) is 0 Å². The maximum absolute atomic E-state index is 11.7. The lowest BCUT2D eigenvalue weighted by molar-refractivity contribution is -0.123. The Morgan fingerprint density at radius 2 is 2.16 bits per heavy atom. The minimum absolute atomic E-state index is 0.0304. The van der Waals surface area contributed by atoms with Gasteiger partial charge in [0.2, 0.25) is 0 Å². The Morgan fingerprint density at radius 1 is 1.37 bits per heavy atom. The monoisotopic (exact) mass is 276 g/mol. The van der Waals surface area contributed by atoms with E-state index in [1.54, 1.807) is 23.5 Å². The van der Waals surface area contributed by atoms with Crippen molar-refractivity contribution in [3.8, 4) is 5.75 Å². The molecule has 0 radical (unpaired) electrons. The average Bonchev–Trinajstić information content (AvgIpc) is 2.81. The molecule has 0 atom stereocenters. The van der Waals surface area contributed by atoms with Gasteiger partial charge in [-0.2, -0.15) is 11.3 Å². The van der Waals surface area contributed by atoms with Crippen molar-refractivity contribution in [2.24, 2.45) is 0 Å². The number of amides is 1. The molecule has 0 spiro atoms. The van der Waals surface area contributed by atoms with Crippen molar-refractivity contribution in [1.29, 1.82) is 0 Å². The van der Waals surface area contributed by atoms with E-state index < -0.39 is 0 Å².